The van der Waals surface area contributed by atoms with Gasteiger partial charge in [-0.3, -0.25) is 4.79 Å². The number of primary amides is 1. The van der Waals surface area contributed by atoms with Crippen LogP contribution < -0.4 is 5.73 Å². The molecule has 13 heavy (non-hydrogen) atoms. The molecule has 0 atom stereocenters. The first-order chi connectivity index (χ1) is 6.16. The second kappa shape index (κ2) is 2.74. The van der Waals surface area contributed by atoms with Crippen LogP contribution in [0.2, 0.25) is 0 Å². The monoisotopic (exact) mass is 197 g/mol. The van der Waals surface area contributed by atoms with Crippen molar-refractivity contribution in [2.24, 2.45) is 5.73 Å². The Morgan fingerprint density at radius 3 is 3.08 bits per heavy atom. The Morgan fingerprint density at radius 1 is 1.62 bits per heavy atom. The van der Waals surface area contributed by atoms with Crippen molar-refractivity contribution in [2.75, 3.05) is 0 Å². The van der Waals surface area contributed by atoms with Crippen molar-refractivity contribution in [3.05, 3.63) is 23.2 Å². The first-order valence-electron chi connectivity index (χ1n) is 3.39. The van der Waals surface area contributed by atoms with E-state index in [2.05, 4.69) is 9.97 Å². The Kier molecular flexibility index (Phi) is 1.70. The van der Waals surface area contributed by atoms with Gasteiger partial charge >= 0.3 is 0 Å². The van der Waals surface area contributed by atoms with Crippen LogP contribution in [0.25, 0.3) is 10.2 Å². The number of carbonyl (C=O) groups excluding carboxylic acids is 1. The average Bonchev–Trinajstić information content (AvgIpc) is 2.46. The van der Waals surface area contributed by atoms with E-state index in [1.165, 1.54) is 12.3 Å². The number of nitrogens with zero attached hydrogens (tertiary/aromatic N) is 2. The number of hydrogen-bond acceptors (Lipinski definition) is 4. The highest BCUT2D eigenvalue weighted by molar-refractivity contribution is 7.20. The predicted octanol–water partition coefficient (Wildman–Crippen LogP) is 0.929. The van der Waals surface area contributed by atoms with Crippen molar-refractivity contribution in [2.45, 2.75) is 0 Å². The van der Waals surface area contributed by atoms with Crippen LogP contribution in [-0.4, -0.2) is 15.9 Å². The summed E-state index contributed by atoms with van der Waals surface area (Å²) in [6.07, 6.45) is 1.27. The van der Waals surface area contributed by atoms with Crippen molar-refractivity contribution >= 4 is 27.5 Å². The zero-order valence-corrected chi connectivity index (χ0v) is 7.14. The van der Waals surface area contributed by atoms with Crippen molar-refractivity contribution in [1.29, 1.82) is 0 Å². The molecule has 0 bridgehead atoms. The quantitative estimate of drug-likeness (QED) is 0.691. The fourth-order valence-corrected chi connectivity index (χ4v) is 1.73. The van der Waals surface area contributed by atoms with Crippen LogP contribution in [0.5, 0.6) is 0 Å². The third kappa shape index (κ3) is 1.35. The van der Waals surface area contributed by atoms with Crippen LogP contribution >= 0.6 is 11.3 Å². The van der Waals surface area contributed by atoms with Crippen molar-refractivity contribution in [1.82, 2.24) is 9.97 Å². The Balaban J connectivity index is 2.68. The molecule has 2 heterocycles. The molecular weight excluding hydrogens is 193 g/mol. The number of hydrogen-bond donors (Lipinski definition) is 1. The average molecular weight is 197 g/mol. The van der Waals surface area contributed by atoms with Gasteiger partial charge in [0.25, 0.3) is 5.91 Å². The Labute approximate surface area is 76.2 Å². The van der Waals surface area contributed by atoms with E-state index in [1.54, 1.807) is 0 Å². The highest BCUT2D eigenvalue weighted by Crippen LogP contribution is 2.20. The SMILES string of the molecule is NC(=O)c1nc2cnc(F)cc2s1. The molecule has 0 aliphatic heterocycles. The molecule has 0 aliphatic rings. The lowest BCUT2D eigenvalue weighted by atomic mass is 10.4. The topological polar surface area (TPSA) is 68.9 Å². The van der Waals surface area contributed by atoms with E-state index >= 15 is 0 Å². The summed E-state index contributed by atoms with van der Waals surface area (Å²) in [6.45, 7) is 0. The first-order valence-corrected chi connectivity index (χ1v) is 4.20. The Bertz CT molecular complexity index is 482. The molecule has 2 aromatic rings. The molecule has 6 heteroatoms. The molecule has 4 nitrogen and oxygen atoms in total. The van der Waals surface area contributed by atoms with Gasteiger partial charge in [0.2, 0.25) is 5.95 Å². The molecule has 2 aromatic heterocycles. The lowest BCUT2D eigenvalue weighted by Gasteiger charge is -1.84. The summed E-state index contributed by atoms with van der Waals surface area (Å²) < 4.78 is 13.2. The number of thiazole rings is 1. The molecular formula is C7H4FN3OS. The lowest BCUT2D eigenvalue weighted by molar-refractivity contribution is 0.1000. The molecule has 66 valence electrons. The van der Waals surface area contributed by atoms with Gasteiger partial charge in [-0.1, -0.05) is 0 Å². The summed E-state index contributed by atoms with van der Waals surface area (Å²) in [5.74, 6) is -1.20. The Hall–Kier alpha value is -1.56. The van der Waals surface area contributed by atoms with E-state index < -0.39 is 11.9 Å². The van der Waals surface area contributed by atoms with Gasteiger partial charge in [-0.2, -0.15) is 4.39 Å². The van der Waals surface area contributed by atoms with Gasteiger partial charge in [0.05, 0.1) is 10.9 Å². The third-order valence-electron chi connectivity index (χ3n) is 1.45. The zero-order valence-electron chi connectivity index (χ0n) is 6.32. The normalized spacial score (nSPS) is 10.5. The minimum atomic E-state index is -0.610. The highest BCUT2D eigenvalue weighted by Gasteiger charge is 2.09. The number of fused-ring (bicyclic) bond motifs is 1. The fourth-order valence-electron chi connectivity index (χ4n) is 0.913. The molecule has 2 rings (SSSR count). The van der Waals surface area contributed by atoms with Crippen molar-refractivity contribution in [3.8, 4) is 0 Å². The van der Waals surface area contributed by atoms with Crippen LogP contribution in [0.4, 0.5) is 4.39 Å². The largest absolute Gasteiger partial charge is 0.364 e. The maximum atomic E-state index is 12.6. The highest BCUT2D eigenvalue weighted by atomic mass is 32.1. The van der Waals surface area contributed by atoms with Crippen molar-refractivity contribution < 1.29 is 9.18 Å². The lowest BCUT2D eigenvalue weighted by Crippen LogP contribution is -2.09. The minimum Gasteiger partial charge on any atom is -0.364 e. The van der Waals surface area contributed by atoms with Gasteiger partial charge < -0.3 is 5.73 Å². The first kappa shape index (κ1) is 8.06. The van der Waals surface area contributed by atoms with E-state index in [1.807, 2.05) is 0 Å². The van der Waals surface area contributed by atoms with Gasteiger partial charge in [0.15, 0.2) is 5.01 Å². The van der Waals surface area contributed by atoms with Crippen LogP contribution in [0.3, 0.4) is 0 Å². The summed E-state index contributed by atoms with van der Waals surface area (Å²) in [6, 6.07) is 1.22. The third-order valence-corrected chi connectivity index (χ3v) is 2.48. The van der Waals surface area contributed by atoms with Gasteiger partial charge in [-0.15, -0.1) is 11.3 Å². The number of carbonyl (C=O) groups is 1. The fraction of sp³-hybridized carbons (Fsp3) is 0. The van der Waals surface area contributed by atoms with E-state index in [9.17, 15) is 9.18 Å². The molecule has 0 saturated carbocycles. The van der Waals surface area contributed by atoms with Gasteiger partial charge in [0, 0.05) is 6.07 Å². The van der Waals surface area contributed by atoms with Gasteiger partial charge in [-0.25, -0.2) is 9.97 Å². The summed E-state index contributed by atoms with van der Waals surface area (Å²) >= 11 is 1.05. The summed E-state index contributed by atoms with van der Waals surface area (Å²) in [4.78, 5) is 18.0. The summed E-state index contributed by atoms with van der Waals surface area (Å²) in [5, 5.41) is 0.169. The van der Waals surface area contributed by atoms with Crippen LogP contribution in [0.1, 0.15) is 9.80 Å². The number of halogens is 1. The number of aromatic nitrogens is 2. The maximum absolute atomic E-state index is 12.6. The minimum absolute atomic E-state index is 0.169. The van der Waals surface area contributed by atoms with E-state index in [0.717, 1.165) is 11.3 Å². The molecule has 2 N–H and O–H groups in total. The van der Waals surface area contributed by atoms with Crippen LogP contribution in [0, 0.1) is 5.95 Å². The molecule has 0 aromatic carbocycles. The number of amides is 1. The molecule has 0 spiro atoms. The van der Waals surface area contributed by atoms with Gasteiger partial charge in [-0.05, 0) is 0 Å². The smallest absolute Gasteiger partial charge is 0.277 e. The van der Waals surface area contributed by atoms with E-state index in [0.29, 0.717) is 10.2 Å². The summed E-state index contributed by atoms with van der Waals surface area (Å²) in [5.41, 5.74) is 5.50. The number of nitrogens with two attached hydrogens (primary N) is 1. The molecule has 0 fully saturated rings. The second-order valence-electron chi connectivity index (χ2n) is 2.36. The maximum Gasteiger partial charge on any atom is 0.277 e. The van der Waals surface area contributed by atoms with Crippen molar-refractivity contribution in [3.63, 3.8) is 0 Å². The number of rotatable bonds is 1. The number of pyridine rings is 1. The van der Waals surface area contributed by atoms with E-state index in [-0.39, 0.29) is 5.01 Å². The van der Waals surface area contributed by atoms with Crippen LogP contribution in [-0.2, 0) is 0 Å². The molecule has 0 unspecified atom stereocenters. The molecule has 0 aliphatic carbocycles. The predicted molar refractivity (Wildman–Crippen MR) is 45.9 cm³/mol. The second-order valence-corrected chi connectivity index (χ2v) is 3.39. The van der Waals surface area contributed by atoms with E-state index in [4.69, 9.17) is 5.73 Å². The summed E-state index contributed by atoms with van der Waals surface area (Å²) in [7, 11) is 0. The van der Waals surface area contributed by atoms with Crippen LogP contribution in [0.15, 0.2) is 12.3 Å². The van der Waals surface area contributed by atoms with Gasteiger partial charge in [0.1, 0.15) is 5.52 Å². The standard InChI is InChI=1S/C7H4FN3OS/c8-5-1-4-3(2-10-5)11-7(13-4)6(9)12/h1-2H,(H2,9,12). The Morgan fingerprint density at radius 2 is 2.38 bits per heavy atom. The molecule has 0 radical (unpaired) electrons. The zero-order chi connectivity index (χ0) is 9.42. The molecule has 0 saturated heterocycles. The molecule has 1 amide bonds.